The van der Waals surface area contributed by atoms with Crippen molar-refractivity contribution >= 4 is 11.9 Å². The molecular formula is C15H30N4O2. The first-order valence-electron chi connectivity index (χ1n) is 7.90. The molecule has 0 spiro atoms. The first kappa shape index (κ1) is 17.8. The van der Waals surface area contributed by atoms with Gasteiger partial charge in [-0.25, -0.2) is 4.79 Å². The van der Waals surface area contributed by atoms with Crippen LogP contribution in [0.3, 0.4) is 0 Å². The molecule has 1 aliphatic rings. The average molecular weight is 298 g/mol. The van der Waals surface area contributed by atoms with Gasteiger partial charge < -0.3 is 15.5 Å². The number of carbonyl (C=O) groups excluding carboxylic acids is 2. The molecule has 6 nitrogen and oxygen atoms in total. The number of nitrogens with one attached hydrogen (secondary N) is 2. The zero-order valence-electron chi connectivity index (χ0n) is 13.8. The highest BCUT2D eigenvalue weighted by atomic mass is 16.2. The highest BCUT2D eigenvalue weighted by Gasteiger charge is 2.23. The maximum absolute atomic E-state index is 12.1. The highest BCUT2D eigenvalue weighted by molar-refractivity contribution is 5.77. The van der Waals surface area contributed by atoms with E-state index in [4.69, 9.17) is 0 Å². The van der Waals surface area contributed by atoms with Crippen molar-refractivity contribution in [2.24, 2.45) is 5.92 Å². The third kappa shape index (κ3) is 6.33. The van der Waals surface area contributed by atoms with E-state index in [9.17, 15) is 9.59 Å². The van der Waals surface area contributed by atoms with E-state index in [-0.39, 0.29) is 18.0 Å². The van der Waals surface area contributed by atoms with Crippen LogP contribution in [0.15, 0.2) is 0 Å². The SMILES string of the molecule is CCC(C)CN(C)C(=O)NC1CCN(CC(=O)NC)CC1. The van der Waals surface area contributed by atoms with Crippen LogP contribution < -0.4 is 10.6 Å². The summed E-state index contributed by atoms with van der Waals surface area (Å²) in [5.41, 5.74) is 0. The van der Waals surface area contributed by atoms with Gasteiger partial charge in [-0.05, 0) is 18.8 Å². The van der Waals surface area contributed by atoms with Crippen molar-refractivity contribution in [3.8, 4) is 0 Å². The number of piperidine rings is 1. The van der Waals surface area contributed by atoms with Gasteiger partial charge in [0.05, 0.1) is 6.54 Å². The van der Waals surface area contributed by atoms with Crippen molar-refractivity contribution in [2.75, 3.05) is 40.3 Å². The molecule has 1 aliphatic heterocycles. The third-order valence-corrected chi connectivity index (χ3v) is 4.19. The molecular weight excluding hydrogens is 268 g/mol. The van der Waals surface area contributed by atoms with E-state index in [2.05, 4.69) is 29.4 Å². The molecule has 122 valence electrons. The number of nitrogens with zero attached hydrogens (tertiary/aromatic N) is 2. The van der Waals surface area contributed by atoms with Crippen LogP contribution in [0.1, 0.15) is 33.1 Å². The molecule has 1 unspecified atom stereocenters. The van der Waals surface area contributed by atoms with Crippen LogP contribution in [0.25, 0.3) is 0 Å². The van der Waals surface area contributed by atoms with Crippen LogP contribution in [0.2, 0.25) is 0 Å². The summed E-state index contributed by atoms with van der Waals surface area (Å²) in [6, 6.07) is 0.234. The van der Waals surface area contributed by atoms with E-state index in [1.54, 1.807) is 11.9 Å². The predicted octanol–water partition coefficient (Wildman–Crippen LogP) is 0.884. The fourth-order valence-corrected chi connectivity index (χ4v) is 2.48. The summed E-state index contributed by atoms with van der Waals surface area (Å²) in [7, 11) is 3.50. The zero-order valence-corrected chi connectivity index (χ0v) is 13.8. The van der Waals surface area contributed by atoms with Crippen LogP contribution in [0, 0.1) is 5.92 Å². The molecule has 0 aliphatic carbocycles. The Morgan fingerprint density at radius 2 is 1.95 bits per heavy atom. The van der Waals surface area contributed by atoms with Gasteiger partial charge in [-0.15, -0.1) is 0 Å². The number of hydrogen-bond acceptors (Lipinski definition) is 3. The number of carbonyl (C=O) groups is 2. The monoisotopic (exact) mass is 298 g/mol. The van der Waals surface area contributed by atoms with E-state index >= 15 is 0 Å². The molecule has 1 rings (SSSR count). The fraction of sp³-hybridized carbons (Fsp3) is 0.867. The number of amides is 3. The molecule has 1 atom stereocenters. The Bertz CT molecular complexity index is 341. The summed E-state index contributed by atoms with van der Waals surface area (Å²) >= 11 is 0. The molecule has 3 amide bonds. The van der Waals surface area contributed by atoms with E-state index in [0.29, 0.717) is 12.5 Å². The summed E-state index contributed by atoms with van der Waals surface area (Å²) in [6.07, 6.45) is 2.88. The lowest BCUT2D eigenvalue weighted by molar-refractivity contribution is -0.122. The topological polar surface area (TPSA) is 64.7 Å². The minimum Gasteiger partial charge on any atom is -0.358 e. The van der Waals surface area contributed by atoms with Crippen LogP contribution >= 0.6 is 0 Å². The first-order chi connectivity index (χ1) is 9.96. The first-order valence-corrected chi connectivity index (χ1v) is 7.90. The molecule has 2 N–H and O–H groups in total. The fourth-order valence-electron chi connectivity index (χ4n) is 2.48. The maximum Gasteiger partial charge on any atom is 0.317 e. The van der Waals surface area contributed by atoms with Crippen molar-refractivity contribution in [1.29, 1.82) is 0 Å². The Balaban J connectivity index is 2.28. The molecule has 1 fully saturated rings. The molecule has 0 saturated carbocycles. The standard InChI is InChI=1S/C15H30N4O2/c1-5-12(2)10-18(4)15(21)17-13-6-8-19(9-7-13)11-14(20)16-3/h12-13H,5-11H2,1-4H3,(H,16,20)(H,17,21). The summed E-state index contributed by atoms with van der Waals surface area (Å²) in [5, 5.41) is 5.73. The number of urea groups is 1. The second-order valence-corrected chi connectivity index (χ2v) is 6.07. The summed E-state index contributed by atoms with van der Waals surface area (Å²) in [6.45, 7) is 7.24. The van der Waals surface area contributed by atoms with Gasteiger partial charge in [0, 0.05) is 39.8 Å². The largest absolute Gasteiger partial charge is 0.358 e. The molecule has 1 saturated heterocycles. The zero-order chi connectivity index (χ0) is 15.8. The Morgan fingerprint density at radius 3 is 2.48 bits per heavy atom. The van der Waals surface area contributed by atoms with Gasteiger partial charge in [0.25, 0.3) is 0 Å². The lowest BCUT2D eigenvalue weighted by Crippen LogP contribution is -2.50. The van der Waals surface area contributed by atoms with Gasteiger partial charge >= 0.3 is 6.03 Å². The molecule has 1 heterocycles. The van der Waals surface area contributed by atoms with Crippen LogP contribution in [0.5, 0.6) is 0 Å². The van der Waals surface area contributed by atoms with Crippen molar-refractivity contribution in [3.05, 3.63) is 0 Å². The van der Waals surface area contributed by atoms with Gasteiger partial charge in [0.15, 0.2) is 0 Å². The lowest BCUT2D eigenvalue weighted by Gasteiger charge is -2.33. The quantitative estimate of drug-likeness (QED) is 0.765. The minimum atomic E-state index is 0.0139. The predicted molar refractivity (Wildman–Crippen MR) is 84.1 cm³/mol. The van der Waals surface area contributed by atoms with Crippen molar-refractivity contribution in [1.82, 2.24) is 20.4 Å². The second kappa shape index (κ2) is 8.87. The Labute approximate surface area is 128 Å². The molecule has 0 aromatic heterocycles. The summed E-state index contributed by atoms with van der Waals surface area (Å²) in [5.74, 6) is 0.570. The van der Waals surface area contributed by atoms with Crippen molar-refractivity contribution in [3.63, 3.8) is 0 Å². The smallest absolute Gasteiger partial charge is 0.317 e. The number of likely N-dealkylation sites (N-methyl/N-ethyl adjacent to an activating group) is 1. The number of likely N-dealkylation sites (tertiary alicyclic amines) is 1. The van der Waals surface area contributed by atoms with Crippen molar-refractivity contribution in [2.45, 2.75) is 39.2 Å². The number of rotatable bonds is 6. The third-order valence-electron chi connectivity index (χ3n) is 4.19. The Hall–Kier alpha value is -1.30. The molecule has 21 heavy (non-hydrogen) atoms. The summed E-state index contributed by atoms with van der Waals surface area (Å²) < 4.78 is 0. The van der Waals surface area contributed by atoms with E-state index < -0.39 is 0 Å². The van der Waals surface area contributed by atoms with E-state index in [1.165, 1.54) is 0 Å². The summed E-state index contributed by atoms with van der Waals surface area (Å²) in [4.78, 5) is 27.3. The minimum absolute atomic E-state index is 0.0139. The highest BCUT2D eigenvalue weighted by Crippen LogP contribution is 2.11. The molecule has 0 aromatic rings. The van der Waals surface area contributed by atoms with E-state index in [1.807, 2.05) is 7.05 Å². The maximum atomic E-state index is 12.1. The van der Waals surface area contributed by atoms with Gasteiger partial charge in [0.2, 0.25) is 5.91 Å². The van der Waals surface area contributed by atoms with Crippen LogP contribution in [-0.2, 0) is 4.79 Å². The molecule has 0 aromatic carbocycles. The van der Waals surface area contributed by atoms with Crippen molar-refractivity contribution < 1.29 is 9.59 Å². The normalized spacial score (nSPS) is 18.1. The van der Waals surface area contributed by atoms with Gasteiger partial charge in [-0.1, -0.05) is 20.3 Å². The Morgan fingerprint density at radius 1 is 1.33 bits per heavy atom. The average Bonchev–Trinajstić information content (AvgIpc) is 2.48. The van der Waals surface area contributed by atoms with Crippen LogP contribution in [0.4, 0.5) is 4.79 Å². The Kier molecular flexibility index (Phi) is 7.50. The lowest BCUT2D eigenvalue weighted by atomic mass is 10.1. The molecule has 6 heteroatoms. The number of hydrogen-bond donors (Lipinski definition) is 2. The second-order valence-electron chi connectivity index (χ2n) is 6.07. The van der Waals surface area contributed by atoms with Gasteiger partial charge in [0.1, 0.15) is 0 Å². The van der Waals surface area contributed by atoms with Crippen LogP contribution in [-0.4, -0.2) is 68.1 Å². The van der Waals surface area contributed by atoms with Gasteiger partial charge in [-0.2, -0.15) is 0 Å². The van der Waals surface area contributed by atoms with Gasteiger partial charge in [-0.3, -0.25) is 9.69 Å². The van der Waals surface area contributed by atoms with E-state index in [0.717, 1.165) is 38.9 Å². The molecule has 0 radical (unpaired) electrons. The molecule has 0 bridgehead atoms.